The Kier molecular flexibility index (Phi) is 4.26. The number of rotatable bonds is 3. The van der Waals surface area contributed by atoms with Crippen molar-refractivity contribution in [1.29, 1.82) is 0 Å². The zero-order valence-electron chi connectivity index (χ0n) is 14.6. The Morgan fingerprint density at radius 3 is 2.85 bits per heavy atom. The predicted octanol–water partition coefficient (Wildman–Crippen LogP) is 3.43. The molecule has 1 saturated carbocycles. The van der Waals surface area contributed by atoms with Crippen LogP contribution in [0.25, 0.3) is 5.57 Å². The summed E-state index contributed by atoms with van der Waals surface area (Å²) in [5.41, 5.74) is 8.19. The Balaban J connectivity index is 1.65. The number of hydrogen-bond donors (Lipinski definition) is 2. The van der Waals surface area contributed by atoms with Crippen LogP contribution in [-0.2, 0) is 11.8 Å². The zero-order chi connectivity index (χ0) is 19.3. The van der Waals surface area contributed by atoms with Gasteiger partial charge in [-0.05, 0) is 42.0 Å². The van der Waals surface area contributed by atoms with Crippen LogP contribution < -0.4 is 11.1 Å². The van der Waals surface area contributed by atoms with E-state index in [1.165, 1.54) is 22.9 Å². The van der Waals surface area contributed by atoms with Crippen molar-refractivity contribution >= 4 is 40.4 Å². The van der Waals surface area contributed by atoms with Crippen molar-refractivity contribution in [2.45, 2.75) is 19.3 Å². The number of nitrogens with two attached hydrogens (primary N) is 1. The van der Waals surface area contributed by atoms with Crippen LogP contribution in [0.3, 0.4) is 0 Å². The molecule has 140 valence electrons. The summed E-state index contributed by atoms with van der Waals surface area (Å²) in [6, 6.07) is 3.95. The summed E-state index contributed by atoms with van der Waals surface area (Å²) >= 11 is 5.78. The molecule has 0 saturated heterocycles. The van der Waals surface area contributed by atoms with Gasteiger partial charge in [0.25, 0.3) is 5.91 Å². The number of amides is 1. The van der Waals surface area contributed by atoms with Gasteiger partial charge in [0.05, 0.1) is 5.02 Å². The number of carbonyl (C=O) groups is 2. The number of fused-ring (bicyclic) bond motifs is 1. The summed E-state index contributed by atoms with van der Waals surface area (Å²) in [5.74, 6) is 0.0163. The van der Waals surface area contributed by atoms with Crippen molar-refractivity contribution in [3.63, 3.8) is 0 Å². The number of carbonyl (C=O) groups excluding carboxylic acids is 2. The lowest BCUT2D eigenvalue weighted by molar-refractivity contribution is -0.117. The Hall–Kier alpha value is -2.67. The Labute approximate surface area is 160 Å². The Bertz CT molecular complexity index is 998. The van der Waals surface area contributed by atoms with Gasteiger partial charge in [0.1, 0.15) is 28.7 Å². The highest BCUT2D eigenvalue weighted by atomic mass is 35.5. The van der Waals surface area contributed by atoms with Gasteiger partial charge in [-0.1, -0.05) is 17.7 Å². The molecule has 1 heterocycles. The van der Waals surface area contributed by atoms with Crippen molar-refractivity contribution in [2.75, 3.05) is 11.1 Å². The molecular formula is C19H18ClFN4O2. The average molecular weight is 389 g/mol. The second-order valence-electron chi connectivity index (χ2n) is 7.08. The number of aryl methyl sites for hydroxylation is 1. The number of nitrogen functional groups attached to an aromatic ring is 1. The number of hydrogen-bond acceptors (Lipinski definition) is 4. The molecule has 27 heavy (non-hydrogen) atoms. The van der Waals surface area contributed by atoms with Gasteiger partial charge in [0.2, 0.25) is 0 Å². The van der Waals surface area contributed by atoms with Crippen molar-refractivity contribution < 1.29 is 14.0 Å². The average Bonchev–Trinajstić information content (AvgIpc) is 3.22. The number of benzene rings is 1. The standard InChI is InChI=1S/C19H18ClFN4O2/c1-25-18(22)16(19(27)23-12-2-3-15(21)14(20)8-12)17(24-25)11-4-9-6-13(26)7-10(9)5-11/h2-4,8-10H,5-7,22H2,1H3,(H,23,27). The fraction of sp³-hybridized carbons (Fsp3) is 0.316. The highest BCUT2D eigenvalue weighted by molar-refractivity contribution is 6.31. The van der Waals surface area contributed by atoms with Gasteiger partial charge in [-0.2, -0.15) is 5.10 Å². The molecule has 3 N–H and O–H groups in total. The molecule has 8 heteroatoms. The zero-order valence-corrected chi connectivity index (χ0v) is 15.4. The molecule has 0 aliphatic heterocycles. The summed E-state index contributed by atoms with van der Waals surface area (Å²) in [6.07, 6.45) is 3.87. The van der Waals surface area contributed by atoms with Gasteiger partial charge in [0.15, 0.2) is 0 Å². The third kappa shape index (κ3) is 3.12. The van der Waals surface area contributed by atoms with Crippen LogP contribution in [0.2, 0.25) is 5.02 Å². The number of aromatic nitrogens is 2. The lowest BCUT2D eigenvalue weighted by atomic mass is 9.98. The summed E-state index contributed by atoms with van der Waals surface area (Å²) in [4.78, 5) is 24.5. The molecule has 2 aliphatic rings. The fourth-order valence-corrected chi connectivity index (χ4v) is 4.09. The number of halogens is 2. The van der Waals surface area contributed by atoms with Crippen LogP contribution in [0.15, 0.2) is 24.3 Å². The fourth-order valence-electron chi connectivity index (χ4n) is 3.91. The minimum absolute atomic E-state index is 0.0804. The molecule has 0 bridgehead atoms. The van der Waals surface area contributed by atoms with E-state index in [4.69, 9.17) is 17.3 Å². The Morgan fingerprint density at radius 1 is 1.37 bits per heavy atom. The highest BCUT2D eigenvalue weighted by Gasteiger charge is 2.38. The van der Waals surface area contributed by atoms with E-state index in [0.29, 0.717) is 30.6 Å². The van der Waals surface area contributed by atoms with E-state index in [2.05, 4.69) is 10.4 Å². The third-order valence-corrected chi connectivity index (χ3v) is 5.55. The molecule has 2 unspecified atom stereocenters. The minimum atomic E-state index is -0.562. The summed E-state index contributed by atoms with van der Waals surface area (Å²) in [5, 5.41) is 7.04. The molecule has 2 aliphatic carbocycles. The van der Waals surface area contributed by atoms with Crippen LogP contribution in [0.1, 0.15) is 35.3 Å². The summed E-state index contributed by atoms with van der Waals surface area (Å²) in [6.45, 7) is 0. The van der Waals surface area contributed by atoms with Gasteiger partial charge in [-0.3, -0.25) is 14.3 Å². The molecule has 2 aromatic rings. The first kappa shape index (κ1) is 17.7. The molecule has 1 amide bonds. The van der Waals surface area contributed by atoms with Crippen molar-refractivity contribution in [1.82, 2.24) is 9.78 Å². The largest absolute Gasteiger partial charge is 0.383 e. The molecule has 0 radical (unpaired) electrons. The second kappa shape index (κ2) is 6.49. The molecule has 1 aromatic heterocycles. The van der Waals surface area contributed by atoms with Crippen LogP contribution in [-0.4, -0.2) is 21.5 Å². The van der Waals surface area contributed by atoms with E-state index in [1.807, 2.05) is 6.08 Å². The van der Waals surface area contributed by atoms with Crippen molar-refractivity contribution in [3.8, 4) is 0 Å². The molecular weight excluding hydrogens is 371 g/mol. The first-order valence-electron chi connectivity index (χ1n) is 8.65. The molecule has 1 fully saturated rings. The molecule has 1 aromatic carbocycles. The number of ketones is 1. The van der Waals surface area contributed by atoms with E-state index in [9.17, 15) is 14.0 Å². The van der Waals surface area contributed by atoms with Crippen molar-refractivity contribution in [3.05, 3.63) is 46.4 Å². The first-order valence-corrected chi connectivity index (χ1v) is 9.03. The monoisotopic (exact) mass is 388 g/mol. The van der Waals surface area contributed by atoms with Crippen LogP contribution in [0.5, 0.6) is 0 Å². The predicted molar refractivity (Wildman–Crippen MR) is 101 cm³/mol. The first-order chi connectivity index (χ1) is 12.8. The molecule has 6 nitrogen and oxygen atoms in total. The van der Waals surface area contributed by atoms with E-state index in [1.54, 1.807) is 7.05 Å². The number of Topliss-reactive ketones (excluding diaryl/α,β-unsaturated/α-hetero) is 1. The summed E-state index contributed by atoms with van der Waals surface area (Å²) in [7, 11) is 1.67. The number of allylic oxidation sites excluding steroid dienone is 2. The van der Waals surface area contributed by atoms with Crippen LogP contribution in [0.4, 0.5) is 15.9 Å². The van der Waals surface area contributed by atoms with Gasteiger partial charge in [0, 0.05) is 25.6 Å². The van der Waals surface area contributed by atoms with Gasteiger partial charge in [-0.25, -0.2) is 4.39 Å². The molecule has 4 rings (SSSR count). The number of nitrogens with one attached hydrogen (secondary N) is 1. The van der Waals surface area contributed by atoms with E-state index < -0.39 is 11.7 Å². The maximum absolute atomic E-state index is 13.3. The van der Waals surface area contributed by atoms with Gasteiger partial charge >= 0.3 is 0 Å². The second-order valence-corrected chi connectivity index (χ2v) is 7.49. The third-order valence-electron chi connectivity index (χ3n) is 5.26. The lowest BCUT2D eigenvalue weighted by Gasteiger charge is -2.08. The minimum Gasteiger partial charge on any atom is -0.383 e. The lowest BCUT2D eigenvalue weighted by Crippen LogP contribution is -2.15. The summed E-state index contributed by atoms with van der Waals surface area (Å²) < 4.78 is 14.8. The number of nitrogens with zero attached hydrogens (tertiary/aromatic N) is 2. The van der Waals surface area contributed by atoms with E-state index in [-0.39, 0.29) is 34.0 Å². The van der Waals surface area contributed by atoms with E-state index >= 15 is 0 Å². The van der Waals surface area contributed by atoms with Crippen LogP contribution >= 0.6 is 11.6 Å². The molecule has 2 atom stereocenters. The Morgan fingerprint density at radius 2 is 2.15 bits per heavy atom. The topological polar surface area (TPSA) is 90.0 Å². The smallest absolute Gasteiger partial charge is 0.261 e. The molecule has 0 spiro atoms. The van der Waals surface area contributed by atoms with Gasteiger partial charge < -0.3 is 11.1 Å². The SMILES string of the molecule is Cn1nc(C2=CC3CC(=O)CC3C2)c(C(=O)Nc2ccc(F)c(Cl)c2)c1N. The number of anilines is 2. The van der Waals surface area contributed by atoms with Crippen molar-refractivity contribution in [2.24, 2.45) is 18.9 Å². The normalized spacial score (nSPS) is 21.3. The quantitative estimate of drug-likeness (QED) is 0.842. The maximum Gasteiger partial charge on any atom is 0.261 e. The maximum atomic E-state index is 13.3. The highest BCUT2D eigenvalue weighted by Crippen LogP contribution is 2.45. The van der Waals surface area contributed by atoms with Crippen LogP contribution in [0, 0.1) is 17.7 Å². The van der Waals surface area contributed by atoms with E-state index in [0.717, 1.165) is 5.57 Å². The van der Waals surface area contributed by atoms with Gasteiger partial charge in [-0.15, -0.1) is 0 Å².